The molecular formula is C16H12FNO. The van der Waals surface area contributed by atoms with E-state index in [1.54, 1.807) is 19.2 Å². The molecule has 0 aliphatic rings. The van der Waals surface area contributed by atoms with Gasteiger partial charge in [-0.15, -0.1) is 0 Å². The minimum atomic E-state index is -0.255. The molecule has 3 aromatic rings. The summed E-state index contributed by atoms with van der Waals surface area (Å²) in [5.74, 6) is -0.374. The lowest BCUT2D eigenvalue weighted by atomic mass is 9.99. The second kappa shape index (κ2) is 4.35. The highest BCUT2D eigenvalue weighted by Gasteiger charge is 2.09. The molecule has 19 heavy (non-hydrogen) atoms. The van der Waals surface area contributed by atoms with Crippen LogP contribution in [0.5, 0.6) is 0 Å². The van der Waals surface area contributed by atoms with Crippen LogP contribution in [0.2, 0.25) is 0 Å². The zero-order valence-electron chi connectivity index (χ0n) is 10.4. The maximum Gasteiger partial charge on any atom is 0.251 e. The van der Waals surface area contributed by atoms with Crippen LogP contribution in [0.3, 0.4) is 0 Å². The molecule has 0 atom stereocenters. The molecule has 0 unspecified atom stereocenters. The molecule has 1 N–H and O–H groups in total. The van der Waals surface area contributed by atoms with Crippen molar-refractivity contribution in [3.05, 3.63) is 59.9 Å². The zero-order chi connectivity index (χ0) is 13.4. The van der Waals surface area contributed by atoms with Gasteiger partial charge >= 0.3 is 0 Å². The van der Waals surface area contributed by atoms with Crippen LogP contribution >= 0.6 is 0 Å². The molecule has 0 aliphatic carbocycles. The fourth-order valence-electron chi connectivity index (χ4n) is 2.33. The van der Waals surface area contributed by atoms with E-state index >= 15 is 0 Å². The molecule has 3 heteroatoms. The molecule has 0 saturated heterocycles. The predicted molar refractivity (Wildman–Crippen MR) is 74.8 cm³/mol. The molecule has 0 spiro atoms. The summed E-state index contributed by atoms with van der Waals surface area (Å²) in [5.41, 5.74) is 0.631. The number of halogens is 1. The second-order valence-corrected chi connectivity index (χ2v) is 4.45. The number of hydrogen-bond donors (Lipinski definition) is 1. The van der Waals surface area contributed by atoms with Crippen LogP contribution in [0.25, 0.3) is 21.5 Å². The highest BCUT2D eigenvalue weighted by Crippen LogP contribution is 2.26. The molecule has 0 bridgehead atoms. The van der Waals surface area contributed by atoms with Crippen molar-refractivity contribution in [2.45, 2.75) is 0 Å². The van der Waals surface area contributed by atoms with Crippen molar-refractivity contribution in [1.29, 1.82) is 0 Å². The van der Waals surface area contributed by atoms with Crippen LogP contribution in [0.4, 0.5) is 4.39 Å². The van der Waals surface area contributed by atoms with Gasteiger partial charge in [0.25, 0.3) is 5.91 Å². The third kappa shape index (κ3) is 1.93. The smallest absolute Gasteiger partial charge is 0.251 e. The Morgan fingerprint density at radius 2 is 1.84 bits per heavy atom. The summed E-state index contributed by atoms with van der Waals surface area (Å²) in [6.07, 6.45) is 0. The van der Waals surface area contributed by atoms with Crippen LogP contribution in [0.15, 0.2) is 48.5 Å². The van der Waals surface area contributed by atoms with Gasteiger partial charge in [-0.05, 0) is 51.9 Å². The molecule has 1 amide bonds. The van der Waals surface area contributed by atoms with Crippen molar-refractivity contribution >= 4 is 27.5 Å². The first-order valence-corrected chi connectivity index (χ1v) is 6.03. The fraction of sp³-hybridized carbons (Fsp3) is 0.0625. The summed E-state index contributed by atoms with van der Waals surface area (Å²) in [7, 11) is 1.61. The van der Waals surface area contributed by atoms with Crippen molar-refractivity contribution in [1.82, 2.24) is 5.32 Å². The molecule has 0 aromatic heterocycles. The third-order valence-electron chi connectivity index (χ3n) is 3.27. The maximum absolute atomic E-state index is 13.2. The summed E-state index contributed by atoms with van der Waals surface area (Å²) in [5, 5.41) is 6.19. The van der Waals surface area contributed by atoms with Gasteiger partial charge in [0.05, 0.1) is 0 Å². The number of hydrogen-bond acceptors (Lipinski definition) is 1. The Balaban J connectivity index is 2.38. The van der Waals surface area contributed by atoms with Gasteiger partial charge in [-0.2, -0.15) is 0 Å². The quantitative estimate of drug-likeness (QED) is 0.661. The predicted octanol–water partition coefficient (Wildman–Crippen LogP) is 3.49. The van der Waals surface area contributed by atoms with Gasteiger partial charge in [-0.1, -0.05) is 18.2 Å². The van der Waals surface area contributed by atoms with Crippen molar-refractivity contribution in [2.24, 2.45) is 0 Å². The first kappa shape index (κ1) is 11.7. The van der Waals surface area contributed by atoms with Crippen LogP contribution in [0, 0.1) is 5.82 Å². The van der Waals surface area contributed by atoms with E-state index in [4.69, 9.17) is 0 Å². The van der Waals surface area contributed by atoms with Crippen LogP contribution in [-0.2, 0) is 0 Å². The number of nitrogens with one attached hydrogen (secondary N) is 1. The van der Waals surface area contributed by atoms with Crippen molar-refractivity contribution in [3.8, 4) is 0 Å². The van der Waals surface area contributed by atoms with E-state index in [-0.39, 0.29) is 11.7 Å². The molecule has 94 valence electrons. The minimum absolute atomic E-state index is 0.118. The Morgan fingerprint density at radius 3 is 2.63 bits per heavy atom. The Morgan fingerprint density at radius 1 is 1.00 bits per heavy atom. The molecule has 0 radical (unpaired) electrons. The lowest BCUT2D eigenvalue weighted by Crippen LogP contribution is -2.17. The number of carbonyl (C=O) groups excluding carboxylic acids is 1. The van der Waals surface area contributed by atoms with E-state index in [1.165, 1.54) is 12.1 Å². The van der Waals surface area contributed by atoms with E-state index in [1.807, 2.05) is 24.3 Å². The number of benzene rings is 3. The van der Waals surface area contributed by atoms with Gasteiger partial charge in [0, 0.05) is 12.6 Å². The standard InChI is InChI=1S/C16H12FNO/c1-18-16(19)14-4-2-3-11-7-12-8-13(17)6-5-10(12)9-15(11)14/h2-9H,1H3,(H,18,19). The SMILES string of the molecule is CNC(=O)c1cccc2cc3cc(F)ccc3cc12. The molecule has 0 saturated carbocycles. The molecule has 0 fully saturated rings. The molecule has 3 rings (SSSR count). The van der Waals surface area contributed by atoms with Gasteiger partial charge in [-0.25, -0.2) is 4.39 Å². The van der Waals surface area contributed by atoms with Gasteiger partial charge in [0.1, 0.15) is 5.82 Å². The molecule has 2 nitrogen and oxygen atoms in total. The van der Waals surface area contributed by atoms with Gasteiger partial charge in [-0.3, -0.25) is 4.79 Å². The summed E-state index contributed by atoms with van der Waals surface area (Å²) in [4.78, 5) is 11.8. The summed E-state index contributed by atoms with van der Waals surface area (Å²) < 4.78 is 13.2. The third-order valence-corrected chi connectivity index (χ3v) is 3.27. The highest BCUT2D eigenvalue weighted by atomic mass is 19.1. The normalized spacial score (nSPS) is 10.8. The van der Waals surface area contributed by atoms with E-state index in [0.717, 1.165) is 21.5 Å². The van der Waals surface area contributed by atoms with E-state index in [2.05, 4.69) is 5.32 Å². The lowest BCUT2D eigenvalue weighted by molar-refractivity contribution is 0.0965. The van der Waals surface area contributed by atoms with Gasteiger partial charge < -0.3 is 5.32 Å². The Labute approximate surface area is 109 Å². The van der Waals surface area contributed by atoms with Crippen LogP contribution < -0.4 is 5.32 Å². The number of carbonyl (C=O) groups is 1. The molecule has 0 aliphatic heterocycles. The van der Waals surface area contributed by atoms with Gasteiger partial charge in [0.2, 0.25) is 0 Å². The first-order valence-electron chi connectivity index (χ1n) is 6.03. The largest absolute Gasteiger partial charge is 0.355 e. The summed E-state index contributed by atoms with van der Waals surface area (Å²) in [6.45, 7) is 0. The maximum atomic E-state index is 13.2. The Kier molecular flexibility index (Phi) is 2.67. The molecular weight excluding hydrogens is 241 g/mol. The monoisotopic (exact) mass is 253 g/mol. The van der Waals surface area contributed by atoms with Crippen LogP contribution in [0.1, 0.15) is 10.4 Å². The Bertz CT molecular complexity index is 795. The van der Waals surface area contributed by atoms with E-state index < -0.39 is 0 Å². The van der Waals surface area contributed by atoms with Crippen molar-refractivity contribution in [3.63, 3.8) is 0 Å². The fourth-order valence-corrected chi connectivity index (χ4v) is 2.33. The number of fused-ring (bicyclic) bond motifs is 2. The van der Waals surface area contributed by atoms with Crippen LogP contribution in [-0.4, -0.2) is 13.0 Å². The Hall–Kier alpha value is -2.42. The van der Waals surface area contributed by atoms with E-state index in [9.17, 15) is 9.18 Å². The molecule has 3 aromatic carbocycles. The summed E-state index contributed by atoms with van der Waals surface area (Å²) >= 11 is 0. The van der Waals surface area contributed by atoms with E-state index in [0.29, 0.717) is 5.56 Å². The minimum Gasteiger partial charge on any atom is -0.355 e. The topological polar surface area (TPSA) is 29.1 Å². The number of rotatable bonds is 1. The first-order chi connectivity index (χ1) is 9.19. The van der Waals surface area contributed by atoms with Gasteiger partial charge in [0.15, 0.2) is 0 Å². The zero-order valence-corrected chi connectivity index (χ0v) is 10.4. The molecule has 0 heterocycles. The van der Waals surface area contributed by atoms with Crippen molar-refractivity contribution in [2.75, 3.05) is 7.05 Å². The average Bonchev–Trinajstić information content (AvgIpc) is 2.43. The highest BCUT2D eigenvalue weighted by molar-refractivity contribution is 6.10. The summed E-state index contributed by atoms with van der Waals surface area (Å²) in [6, 6.07) is 14.0. The van der Waals surface area contributed by atoms with Crippen molar-refractivity contribution < 1.29 is 9.18 Å². The lowest BCUT2D eigenvalue weighted by Gasteiger charge is -2.07. The average molecular weight is 253 g/mol. The number of amides is 1. The second-order valence-electron chi connectivity index (χ2n) is 4.45.